The van der Waals surface area contributed by atoms with Gasteiger partial charge in [0.2, 0.25) is 0 Å². The van der Waals surface area contributed by atoms with E-state index in [0.29, 0.717) is 45.7 Å². The van der Waals surface area contributed by atoms with Gasteiger partial charge in [-0.15, -0.1) is 11.3 Å². The van der Waals surface area contributed by atoms with Crippen molar-refractivity contribution in [3.05, 3.63) is 80.3 Å². The van der Waals surface area contributed by atoms with E-state index in [1.807, 2.05) is 25.1 Å². The van der Waals surface area contributed by atoms with Crippen LogP contribution in [0, 0.1) is 26.6 Å². The van der Waals surface area contributed by atoms with Gasteiger partial charge < -0.3 is 19.7 Å². The summed E-state index contributed by atoms with van der Waals surface area (Å²) in [5.41, 5.74) is 3.85. The number of aliphatic hydroxyl groups excluding tert-OH is 1. The molecular formula is C28H27FN2O4S. The molecule has 2 aromatic carbocycles. The van der Waals surface area contributed by atoms with E-state index in [4.69, 9.17) is 4.74 Å². The summed E-state index contributed by atoms with van der Waals surface area (Å²) in [7, 11) is 1.69. The topological polar surface area (TPSA) is 80.6 Å². The molecule has 1 fully saturated rings. The van der Waals surface area contributed by atoms with Crippen LogP contribution in [0.15, 0.2) is 47.4 Å². The number of halogens is 1. The molecular weight excluding hydrogens is 479 g/mol. The van der Waals surface area contributed by atoms with Gasteiger partial charge in [-0.2, -0.15) is 0 Å². The van der Waals surface area contributed by atoms with Crippen molar-refractivity contribution in [1.82, 2.24) is 9.88 Å². The second-order valence-corrected chi connectivity index (χ2v) is 10.7. The van der Waals surface area contributed by atoms with Crippen LogP contribution in [0.5, 0.6) is 11.5 Å². The second kappa shape index (κ2) is 9.19. The van der Waals surface area contributed by atoms with Gasteiger partial charge in [0.05, 0.1) is 16.4 Å². The first-order chi connectivity index (χ1) is 17.1. The Morgan fingerprint density at radius 2 is 1.81 bits per heavy atom. The van der Waals surface area contributed by atoms with E-state index < -0.39 is 0 Å². The van der Waals surface area contributed by atoms with E-state index in [-0.39, 0.29) is 29.4 Å². The van der Waals surface area contributed by atoms with Crippen LogP contribution in [-0.2, 0) is 7.05 Å². The van der Waals surface area contributed by atoms with Crippen molar-refractivity contribution in [2.45, 2.75) is 45.8 Å². The molecule has 2 N–H and O–H groups in total. The van der Waals surface area contributed by atoms with E-state index >= 15 is 0 Å². The minimum atomic E-state index is -0.364. The van der Waals surface area contributed by atoms with E-state index in [1.54, 1.807) is 33.2 Å². The SMILES string of the molecule is Cc1cc(Oc2c(C)cc(F)cc2C)cc(-c2cn(C)c(=O)c3cc(C(=O)NC4CC(O)C4)sc23)c1. The molecule has 0 bridgehead atoms. The molecule has 8 heteroatoms. The van der Waals surface area contributed by atoms with Crippen LogP contribution in [0.1, 0.15) is 39.2 Å². The smallest absolute Gasteiger partial charge is 0.261 e. The predicted octanol–water partition coefficient (Wildman–Crippen LogP) is 5.38. The largest absolute Gasteiger partial charge is 0.457 e. The fraction of sp³-hybridized carbons (Fsp3) is 0.286. The van der Waals surface area contributed by atoms with Crippen molar-refractivity contribution >= 4 is 27.3 Å². The van der Waals surface area contributed by atoms with Gasteiger partial charge in [-0.1, -0.05) is 6.07 Å². The molecule has 1 aliphatic carbocycles. The number of fused-ring (bicyclic) bond motifs is 1. The lowest BCUT2D eigenvalue weighted by atomic mass is 9.89. The average Bonchev–Trinajstić information content (AvgIpc) is 3.23. The van der Waals surface area contributed by atoms with Crippen molar-refractivity contribution in [1.29, 1.82) is 0 Å². The molecule has 4 aromatic rings. The Balaban J connectivity index is 1.56. The van der Waals surface area contributed by atoms with Crippen LogP contribution < -0.4 is 15.6 Å². The molecule has 0 radical (unpaired) electrons. The number of carbonyl (C=O) groups excluding carboxylic acids is 1. The van der Waals surface area contributed by atoms with Crippen molar-refractivity contribution in [3.8, 4) is 22.6 Å². The number of nitrogens with zero attached hydrogens (tertiary/aromatic N) is 1. The van der Waals surface area contributed by atoms with Crippen LogP contribution in [-0.4, -0.2) is 27.7 Å². The number of nitrogens with one attached hydrogen (secondary N) is 1. The number of ether oxygens (including phenoxy) is 1. The Kier molecular flexibility index (Phi) is 6.18. The highest BCUT2D eigenvalue weighted by Gasteiger charge is 2.29. The highest BCUT2D eigenvalue weighted by molar-refractivity contribution is 7.21. The third-order valence-corrected chi connectivity index (χ3v) is 7.70. The number of benzene rings is 2. The number of aryl methyl sites for hydroxylation is 4. The third kappa shape index (κ3) is 4.54. The highest BCUT2D eigenvalue weighted by atomic mass is 32.1. The summed E-state index contributed by atoms with van der Waals surface area (Å²) in [5, 5.41) is 12.9. The fourth-order valence-electron chi connectivity index (χ4n) is 4.67. The zero-order valence-electron chi connectivity index (χ0n) is 20.5. The molecule has 36 heavy (non-hydrogen) atoms. The number of rotatable bonds is 5. The summed E-state index contributed by atoms with van der Waals surface area (Å²) >= 11 is 1.28. The Labute approximate surface area is 212 Å². The number of amides is 1. The van der Waals surface area contributed by atoms with E-state index in [2.05, 4.69) is 5.32 Å². The lowest BCUT2D eigenvalue weighted by Gasteiger charge is -2.31. The number of aliphatic hydroxyl groups is 1. The molecule has 2 heterocycles. The van der Waals surface area contributed by atoms with Crippen LogP contribution in [0.25, 0.3) is 21.2 Å². The molecule has 1 saturated carbocycles. The lowest BCUT2D eigenvalue weighted by Crippen LogP contribution is -2.46. The summed E-state index contributed by atoms with van der Waals surface area (Å²) in [6.07, 6.45) is 2.50. The van der Waals surface area contributed by atoms with Gasteiger partial charge in [-0.3, -0.25) is 9.59 Å². The van der Waals surface area contributed by atoms with Gasteiger partial charge in [0.25, 0.3) is 11.5 Å². The second-order valence-electron chi connectivity index (χ2n) is 9.61. The van der Waals surface area contributed by atoms with Gasteiger partial charge in [0.15, 0.2) is 0 Å². The van der Waals surface area contributed by atoms with Gasteiger partial charge in [0.1, 0.15) is 17.3 Å². The Hall–Kier alpha value is -3.49. The zero-order valence-corrected chi connectivity index (χ0v) is 21.3. The number of pyridine rings is 1. The molecule has 0 atom stereocenters. The third-order valence-electron chi connectivity index (χ3n) is 6.53. The average molecular weight is 507 g/mol. The number of aromatic nitrogens is 1. The standard InChI is InChI=1S/C28H27FN2O4S/c1-14-5-17(9-21(6-14)35-25-15(2)7-18(29)8-16(25)3)23-13-31(4)28(34)22-12-24(36-26(22)23)27(33)30-19-10-20(32)11-19/h5-9,12-13,19-20,32H,10-11H2,1-4H3,(H,30,33). The van der Waals surface area contributed by atoms with E-state index in [1.165, 1.54) is 28.0 Å². The van der Waals surface area contributed by atoms with Crippen molar-refractivity contribution < 1.29 is 19.0 Å². The number of hydrogen-bond donors (Lipinski definition) is 2. The van der Waals surface area contributed by atoms with Crippen molar-refractivity contribution in [2.24, 2.45) is 7.05 Å². The van der Waals surface area contributed by atoms with Crippen LogP contribution in [0.3, 0.4) is 0 Å². The van der Waals surface area contributed by atoms with Gasteiger partial charge in [-0.25, -0.2) is 4.39 Å². The molecule has 0 aliphatic heterocycles. The molecule has 1 amide bonds. The number of thiophene rings is 1. The number of carbonyl (C=O) groups is 1. The summed E-state index contributed by atoms with van der Waals surface area (Å²) < 4.78 is 22.2. The monoisotopic (exact) mass is 506 g/mol. The zero-order chi connectivity index (χ0) is 25.7. The summed E-state index contributed by atoms with van der Waals surface area (Å²) in [6, 6.07) is 10.3. The summed E-state index contributed by atoms with van der Waals surface area (Å²) in [6.45, 7) is 5.57. The maximum atomic E-state index is 13.8. The van der Waals surface area contributed by atoms with Crippen LogP contribution in [0.2, 0.25) is 0 Å². The summed E-state index contributed by atoms with van der Waals surface area (Å²) in [5.74, 6) is 0.662. The van der Waals surface area contributed by atoms with Crippen molar-refractivity contribution in [2.75, 3.05) is 0 Å². The van der Waals surface area contributed by atoms with Gasteiger partial charge in [-0.05, 0) is 86.2 Å². The first-order valence-electron chi connectivity index (χ1n) is 11.8. The quantitative estimate of drug-likeness (QED) is 0.381. The molecule has 1 aliphatic rings. The van der Waals surface area contributed by atoms with E-state index in [9.17, 15) is 19.1 Å². The highest BCUT2D eigenvalue weighted by Crippen LogP contribution is 2.37. The Bertz CT molecular complexity index is 1540. The molecule has 2 aromatic heterocycles. The van der Waals surface area contributed by atoms with Crippen molar-refractivity contribution in [3.63, 3.8) is 0 Å². The first kappa shape index (κ1) is 24.2. The molecule has 6 nitrogen and oxygen atoms in total. The summed E-state index contributed by atoms with van der Waals surface area (Å²) in [4.78, 5) is 26.2. The van der Waals surface area contributed by atoms with Gasteiger partial charge in [0, 0.05) is 29.5 Å². The minimum Gasteiger partial charge on any atom is -0.457 e. The Morgan fingerprint density at radius 3 is 2.47 bits per heavy atom. The molecule has 5 rings (SSSR count). The fourth-order valence-corrected chi connectivity index (χ4v) is 5.75. The normalized spacial score (nSPS) is 17.2. The van der Waals surface area contributed by atoms with Gasteiger partial charge >= 0.3 is 0 Å². The van der Waals surface area contributed by atoms with Crippen LogP contribution >= 0.6 is 11.3 Å². The lowest BCUT2D eigenvalue weighted by molar-refractivity contribution is 0.0564. The predicted molar refractivity (Wildman–Crippen MR) is 140 cm³/mol. The Morgan fingerprint density at radius 1 is 1.11 bits per heavy atom. The first-order valence-corrected chi connectivity index (χ1v) is 12.6. The maximum Gasteiger partial charge on any atom is 0.261 e. The minimum absolute atomic E-state index is 0.0464. The molecule has 0 spiro atoms. The van der Waals surface area contributed by atoms with Crippen LogP contribution in [0.4, 0.5) is 4.39 Å². The number of hydrogen-bond acceptors (Lipinski definition) is 5. The maximum absolute atomic E-state index is 13.8. The van der Waals surface area contributed by atoms with E-state index in [0.717, 1.165) is 21.4 Å². The molecule has 0 saturated heterocycles. The molecule has 186 valence electrons. The molecule has 0 unspecified atom stereocenters.